The molecule has 2 N–H and O–H groups in total. The SMILES string of the molecule is NS(=O)(=O)c1ccc2c(c1)CCN2C(=O)c1ccc2c(c1)CC=C2. The molecule has 0 saturated heterocycles. The second-order valence-electron chi connectivity index (χ2n) is 6.06. The van der Waals surface area contributed by atoms with Gasteiger partial charge in [0.1, 0.15) is 0 Å². The molecule has 2 aromatic carbocycles. The molecule has 2 aliphatic rings. The minimum Gasteiger partial charge on any atom is -0.308 e. The largest absolute Gasteiger partial charge is 0.308 e. The third-order valence-electron chi connectivity index (χ3n) is 4.55. The number of hydrogen-bond acceptors (Lipinski definition) is 3. The van der Waals surface area contributed by atoms with E-state index in [1.165, 1.54) is 6.07 Å². The van der Waals surface area contributed by atoms with Crippen molar-refractivity contribution in [2.24, 2.45) is 5.14 Å². The topological polar surface area (TPSA) is 80.5 Å². The molecule has 1 aliphatic carbocycles. The van der Waals surface area contributed by atoms with Crippen LogP contribution in [0.15, 0.2) is 47.4 Å². The molecular formula is C18H16N2O3S. The van der Waals surface area contributed by atoms with Crippen molar-refractivity contribution in [3.8, 4) is 0 Å². The highest BCUT2D eigenvalue weighted by Gasteiger charge is 2.27. The van der Waals surface area contributed by atoms with E-state index in [4.69, 9.17) is 5.14 Å². The van der Waals surface area contributed by atoms with Crippen LogP contribution >= 0.6 is 0 Å². The van der Waals surface area contributed by atoms with Gasteiger partial charge in [-0.25, -0.2) is 13.6 Å². The lowest BCUT2D eigenvalue weighted by atomic mass is 10.1. The number of nitrogens with zero attached hydrogens (tertiary/aromatic N) is 1. The van der Waals surface area contributed by atoms with Gasteiger partial charge < -0.3 is 4.90 Å². The summed E-state index contributed by atoms with van der Waals surface area (Å²) in [6.45, 7) is 0.539. The molecule has 24 heavy (non-hydrogen) atoms. The summed E-state index contributed by atoms with van der Waals surface area (Å²) in [5.74, 6) is -0.0631. The average molecular weight is 340 g/mol. The highest BCUT2D eigenvalue weighted by molar-refractivity contribution is 7.89. The molecule has 0 spiro atoms. The molecule has 0 atom stereocenters. The maximum Gasteiger partial charge on any atom is 0.258 e. The van der Waals surface area contributed by atoms with Crippen molar-refractivity contribution in [1.82, 2.24) is 0 Å². The van der Waals surface area contributed by atoms with Gasteiger partial charge in [-0.2, -0.15) is 0 Å². The van der Waals surface area contributed by atoms with Gasteiger partial charge in [-0.15, -0.1) is 0 Å². The van der Waals surface area contributed by atoms with Crippen molar-refractivity contribution in [2.45, 2.75) is 17.7 Å². The van der Waals surface area contributed by atoms with Crippen LogP contribution in [0.25, 0.3) is 6.08 Å². The van der Waals surface area contributed by atoms with Crippen molar-refractivity contribution in [3.05, 3.63) is 64.7 Å². The minimum absolute atomic E-state index is 0.0631. The number of carbonyl (C=O) groups is 1. The molecule has 5 nitrogen and oxygen atoms in total. The summed E-state index contributed by atoms with van der Waals surface area (Å²) < 4.78 is 22.9. The molecule has 0 saturated carbocycles. The summed E-state index contributed by atoms with van der Waals surface area (Å²) in [6.07, 6.45) is 5.62. The Hall–Kier alpha value is -2.44. The number of allylic oxidation sites excluding steroid dienone is 1. The van der Waals surface area contributed by atoms with Crippen molar-refractivity contribution in [2.75, 3.05) is 11.4 Å². The molecule has 0 bridgehead atoms. The average Bonchev–Trinajstić information content (AvgIpc) is 3.18. The molecule has 1 aliphatic heterocycles. The van der Waals surface area contributed by atoms with Crippen molar-refractivity contribution in [3.63, 3.8) is 0 Å². The molecule has 2 aromatic rings. The van der Waals surface area contributed by atoms with E-state index >= 15 is 0 Å². The van der Waals surface area contributed by atoms with Crippen LogP contribution < -0.4 is 10.0 Å². The van der Waals surface area contributed by atoms with E-state index in [0.717, 1.165) is 28.8 Å². The summed E-state index contributed by atoms with van der Waals surface area (Å²) in [7, 11) is -3.73. The van der Waals surface area contributed by atoms with E-state index in [-0.39, 0.29) is 10.8 Å². The number of primary sulfonamides is 1. The van der Waals surface area contributed by atoms with Crippen LogP contribution in [0.2, 0.25) is 0 Å². The van der Waals surface area contributed by atoms with E-state index in [9.17, 15) is 13.2 Å². The van der Waals surface area contributed by atoms with Crippen molar-refractivity contribution < 1.29 is 13.2 Å². The van der Waals surface area contributed by atoms with Crippen LogP contribution in [0, 0.1) is 0 Å². The number of anilines is 1. The van der Waals surface area contributed by atoms with Crippen molar-refractivity contribution in [1.29, 1.82) is 0 Å². The lowest BCUT2D eigenvalue weighted by molar-refractivity contribution is 0.0989. The van der Waals surface area contributed by atoms with Crippen LogP contribution in [0.5, 0.6) is 0 Å². The highest BCUT2D eigenvalue weighted by atomic mass is 32.2. The lowest BCUT2D eigenvalue weighted by Crippen LogP contribution is -2.29. The number of rotatable bonds is 2. The van der Waals surface area contributed by atoms with E-state index in [1.807, 2.05) is 18.2 Å². The Morgan fingerprint density at radius 2 is 1.92 bits per heavy atom. The molecule has 122 valence electrons. The summed E-state index contributed by atoms with van der Waals surface area (Å²) in [5, 5.41) is 5.17. The fraction of sp³-hybridized carbons (Fsp3) is 0.167. The second-order valence-corrected chi connectivity index (χ2v) is 7.62. The number of sulfonamides is 1. The summed E-state index contributed by atoms with van der Waals surface area (Å²) >= 11 is 0. The van der Waals surface area contributed by atoms with Crippen LogP contribution in [0.1, 0.15) is 27.0 Å². The molecule has 4 rings (SSSR count). The molecule has 0 aromatic heterocycles. The monoisotopic (exact) mass is 340 g/mol. The fourth-order valence-corrected chi connectivity index (χ4v) is 3.88. The zero-order valence-corrected chi connectivity index (χ0v) is 13.7. The molecule has 1 heterocycles. The van der Waals surface area contributed by atoms with Gasteiger partial charge in [-0.3, -0.25) is 4.79 Å². The zero-order valence-electron chi connectivity index (χ0n) is 12.9. The van der Waals surface area contributed by atoms with E-state index in [1.54, 1.807) is 17.0 Å². The van der Waals surface area contributed by atoms with Gasteiger partial charge in [0.25, 0.3) is 5.91 Å². The predicted molar refractivity (Wildman–Crippen MR) is 92.4 cm³/mol. The maximum atomic E-state index is 12.9. The van der Waals surface area contributed by atoms with Crippen molar-refractivity contribution >= 4 is 27.7 Å². The van der Waals surface area contributed by atoms with Crippen LogP contribution in [-0.4, -0.2) is 20.9 Å². The Labute approximate surface area is 140 Å². The van der Waals surface area contributed by atoms with Crippen LogP contribution in [0.3, 0.4) is 0 Å². The quantitative estimate of drug-likeness (QED) is 0.909. The zero-order chi connectivity index (χ0) is 16.9. The van der Waals surface area contributed by atoms with Gasteiger partial charge >= 0.3 is 0 Å². The Kier molecular flexibility index (Phi) is 3.33. The maximum absolute atomic E-state index is 12.9. The van der Waals surface area contributed by atoms with E-state index in [2.05, 4.69) is 12.2 Å². The first-order valence-corrected chi connectivity index (χ1v) is 9.25. The van der Waals surface area contributed by atoms with Gasteiger partial charge in [-0.1, -0.05) is 18.2 Å². The van der Waals surface area contributed by atoms with E-state index < -0.39 is 10.0 Å². The van der Waals surface area contributed by atoms with Gasteiger partial charge in [0.05, 0.1) is 4.90 Å². The third-order valence-corrected chi connectivity index (χ3v) is 5.46. The fourth-order valence-electron chi connectivity index (χ4n) is 3.31. The second kappa shape index (κ2) is 5.29. The number of amides is 1. The number of nitrogens with two attached hydrogens (primary N) is 1. The number of carbonyl (C=O) groups excluding carboxylic acids is 1. The first-order valence-electron chi connectivity index (χ1n) is 7.70. The van der Waals surface area contributed by atoms with Gasteiger partial charge in [-0.05, 0) is 59.9 Å². The third kappa shape index (κ3) is 2.44. The van der Waals surface area contributed by atoms with Crippen LogP contribution in [-0.2, 0) is 22.9 Å². The summed E-state index contributed by atoms with van der Waals surface area (Å²) in [6, 6.07) is 10.4. The highest BCUT2D eigenvalue weighted by Crippen LogP contribution is 2.31. The molecular weight excluding hydrogens is 324 g/mol. The normalized spacial score (nSPS) is 15.5. The van der Waals surface area contributed by atoms with E-state index in [0.29, 0.717) is 18.5 Å². The van der Waals surface area contributed by atoms with Crippen LogP contribution in [0.4, 0.5) is 5.69 Å². The summed E-state index contributed by atoms with van der Waals surface area (Å²) in [5.41, 5.74) is 4.56. The molecule has 0 unspecified atom stereocenters. The smallest absolute Gasteiger partial charge is 0.258 e. The first kappa shape index (κ1) is 15.1. The lowest BCUT2D eigenvalue weighted by Gasteiger charge is -2.18. The molecule has 6 heteroatoms. The van der Waals surface area contributed by atoms with Gasteiger partial charge in [0.2, 0.25) is 10.0 Å². The Balaban J connectivity index is 1.67. The minimum atomic E-state index is -3.73. The standard InChI is InChI=1S/C18H16N2O3S/c19-24(22,23)16-6-7-17-14(11-16)8-9-20(17)18(21)15-5-4-12-2-1-3-13(12)10-15/h1-2,4-7,10-11H,3,8-9H2,(H2,19,22,23). The number of fused-ring (bicyclic) bond motifs is 2. The Bertz CT molecular complexity index is 993. The number of benzene rings is 2. The predicted octanol–water partition coefficient (Wildman–Crippen LogP) is 2.11. The summed E-state index contributed by atoms with van der Waals surface area (Å²) in [4.78, 5) is 14.6. The first-order chi connectivity index (χ1) is 11.4. The van der Waals surface area contributed by atoms with Gasteiger partial charge in [0.15, 0.2) is 0 Å². The Morgan fingerprint density at radius 3 is 2.71 bits per heavy atom. The molecule has 0 radical (unpaired) electrons. The van der Waals surface area contributed by atoms with Gasteiger partial charge in [0, 0.05) is 17.8 Å². The number of hydrogen-bond donors (Lipinski definition) is 1. The molecule has 1 amide bonds. The Morgan fingerprint density at radius 1 is 1.08 bits per heavy atom. The molecule has 0 fully saturated rings.